The van der Waals surface area contributed by atoms with E-state index in [0.29, 0.717) is 27.7 Å². The molecule has 2 aromatic heterocycles. The highest BCUT2D eigenvalue weighted by Crippen LogP contribution is 2.34. The molecule has 0 saturated heterocycles. The van der Waals surface area contributed by atoms with Crippen molar-refractivity contribution in [2.75, 3.05) is 5.43 Å². The van der Waals surface area contributed by atoms with Gasteiger partial charge in [-0.3, -0.25) is 10.2 Å². The highest BCUT2D eigenvalue weighted by Gasteiger charge is 2.24. The van der Waals surface area contributed by atoms with Crippen LogP contribution in [-0.2, 0) is 18.4 Å². The first-order valence-electron chi connectivity index (χ1n) is 10.4. The first-order chi connectivity index (χ1) is 15.6. The number of H-pyrrole nitrogens is 1. The van der Waals surface area contributed by atoms with Crippen molar-refractivity contribution in [1.82, 2.24) is 15.4 Å². The largest absolute Gasteiger partial charge is 0.506 e. The molecule has 0 atom stereocenters. The van der Waals surface area contributed by atoms with Crippen LogP contribution in [-0.4, -0.2) is 15.1 Å². The summed E-state index contributed by atoms with van der Waals surface area (Å²) in [6.45, 7) is 6.58. The summed E-state index contributed by atoms with van der Waals surface area (Å²) in [5.74, 6) is -0.0129. The van der Waals surface area contributed by atoms with Crippen molar-refractivity contribution >= 4 is 50.6 Å². The fourth-order valence-electron chi connectivity index (χ4n) is 3.58. The number of thiazole rings is 1. The average Bonchev–Trinajstić information content (AvgIpc) is 3.15. The Morgan fingerprint density at radius 1 is 1.12 bits per heavy atom. The number of halogens is 2. The van der Waals surface area contributed by atoms with Crippen LogP contribution in [0, 0.1) is 0 Å². The van der Waals surface area contributed by atoms with Crippen LogP contribution in [0.25, 0.3) is 10.9 Å². The lowest BCUT2D eigenvalue weighted by molar-refractivity contribution is 0.466. The number of anilines is 1. The standard InChI is InChI=1S/C24H24Cl2N4O2S/c1-24(2,3)21-19(10-14-8-13-6-4-5-7-18(13)28-22(14)32)33-23(29-21)30-27-12-15-9-16(25)11-17(26)20(15)31/h4-9,11,27,31H,10,12H2,1-3H3,(H,28,32)(H,29,30). The number of para-hydroxylation sites is 1. The molecule has 0 fully saturated rings. The fraction of sp³-hybridized carbons (Fsp3) is 0.250. The van der Waals surface area contributed by atoms with Crippen LogP contribution in [0.15, 0.2) is 47.3 Å². The van der Waals surface area contributed by atoms with Crippen molar-refractivity contribution in [2.45, 2.75) is 39.2 Å². The van der Waals surface area contributed by atoms with E-state index in [0.717, 1.165) is 21.5 Å². The molecule has 0 bridgehead atoms. The summed E-state index contributed by atoms with van der Waals surface area (Å²) in [5.41, 5.74) is 8.87. The van der Waals surface area contributed by atoms with Gasteiger partial charge in [0.05, 0.1) is 10.7 Å². The van der Waals surface area contributed by atoms with Gasteiger partial charge in [-0.25, -0.2) is 10.4 Å². The van der Waals surface area contributed by atoms with Gasteiger partial charge in [0.1, 0.15) is 5.75 Å². The van der Waals surface area contributed by atoms with E-state index in [2.05, 4.69) is 36.6 Å². The van der Waals surface area contributed by atoms with Gasteiger partial charge in [0, 0.05) is 44.9 Å². The lowest BCUT2D eigenvalue weighted by Gasteiger charge is -2.17. The number of fused-ring (bicyclic) bond motifs is 1. The van der Waals surface area contributed by atoms with Crippen LogP contribution in [0.5, 0.6) is 5.75 Å². The number of pyridine rings is 1. The SMILES string of the molecule is CC(C)(C)c1nc(NNCc2cc(Cl)cc(Cl)c2O)sc1Cc1cc2ccccc2[nH]c1=O. The zero-order chi connectivity index (χ0) is 23.8. The number of aromatic hydroxyl groups is 1. The van der Waals surface area contributed by atoms with Crippen molar-refractivity contribution < 1.29 is 5.11 Å². The summed E-state index contributed by atoms with van der Waals surface area (Å²) in [7, 11) is 0. The van der Waals surface area contributed by atoms with Gasteiger partial charge in [-0.2, -0.15) is 0 Å². The van der Waals surface area contributed by atoms with Gasteiger partial charge >= 0.3 is 0 Å². The average molecular weight is 503 g/mol. The van der Waals surface area contributed by atoms with Crippen molar-refractivity contribution in [3.63, 3.8) is 0 Å². The smallest absolute Gasteiger partial charge is 0.251 e. The van der Waals surface area contributed by atoms with Gasteiger partial charge in [0.25, 0.3) is 5.56 Å². The maximum atomic E-state index is 12.7. The number of hydrogen-bond acceptors (Lipinski definition) is 6. The van der Waals surface area contributed by atoms with Gasteiger partial charge in [-0.1, -0.05) is 62.2 Å². The number of aromatic nitrogens is 2. The molecule has 2 heterocycles. The van der Waals surface area contributed by atoms with E-state index in [1.165, 1.54) is 17.4 Å². The van der Waals surface area contributed by atoms with Crippen LogP contribution in [0.1, 0.15) is 42.5 Å². The summed E-state index contributed by atoms with van der Waals surface area (Å²) in [6.07, 6.45) is 0.483. The number of benzene rings is 2. The van der Waals surface area contributed by atoms with Crippen molar-refractivity contribution in [3.05, 3.63) is 84.6 Å². The Hall–Kier alpha value is -2.58. The van der Waals surface area contributed by atoms with Crippen LogP contribution >= 0.6 is 34.5 Å². The zero-order valence-electron chi connectivity index (χ0n) is 18.4. The molecule has 4 N–H and O–H groups in total. The van der Waals surface area contributed by atoms with Crippen molar-refractivity contribution in [1.29, 1.82) is 0 Å². The first kappa shape index (κ1) is 23.6. The van der Waals surface area contributed by atoms with Crippen LogP contribution < -0.4 is 16.4 Å². The normalized spacial score (nSPS) is 11.8. The van der Waals surface area contributed by atoms with E-state index in [9.17, 15) is 9.90 Å². The molecule has 0 aliphatic rings. The molecule has 0 aliphatic carbocycles. The Kier molecular flexibility index (Phi) is 6.68. The summed E-state index contributed by atoms with van der Waals surface area (Å²) in [4.78, 5) is 21.4. The molecule has 172 valence electrons. The lowest BCUT2D eigenvalue weighted by atomic mass is 9.90. The molecule has 2 aromatic carbocycles. The number of nitrogens with one attached hydrogen (secondary N) is 3. The number of nitrogens with zero attached hydrogens (tertiary/aromatic N) is 1. The third-order valence-corrected chi connectivity index (χ3v) is 6.65. The van der Waals surface area contributed by atoms with E-state index in [-0.39, 0.29) is 28.3 Å². The first-order valence-corrected chi connectivity index (χ1v) is 12.0. The predicted octanol–water partition coefficient (Wildman–Crippen LogP) is 6.00. The van der Waals surface area contributed by atoms with Gasteiger partial charge in [-0.15, -0.1) is 11.3 Å². The van der Waals surface area contributed by atoms with Crippen molar-refractivity contribution in [3.8, 4) is 5.75 Å². The van der Waals surface area contributed by atoms with Gasteiger partial charge in [0.15, 0.2) is 5.13 Å². The van der Waals surface area contributed by atoms with E-state index in [4.69, 9.17) is 28.2 Å². The molecule has 0 amide bonds. The van der Waals surface area contributed by atoms with E-state index in [1.807, 2.05) is 30.3 Å². The summed E-state index contributed by atoms with van der Waals surface area (Å²) in [6, 6.07) is 12.8. The number of aromatic amines is 1. The molecule has 0 radical (unpaired) electrons. The topological polar surface area (TPSA) is 90.0 Å². The highest BCUT2D eigenvalue weighted by atomic mass is 35.5. The molecular weight excluding hydrogens is 479 g/mol. The maximum Gasteiger partial charge on any atom is 0.251 e. The molecule has 33 heavy (non-hydrogen) atoms. The number of phenolic OH excluding ortho intramolecular Hbond substituents is 1. The number of phenols is 1. The van der Waals surface area contributed by atoms with Gasteiger partial charge < -0.3 is 10.1 Å². The Morgan fingerprint density at radius 2 is 1.88 bits per heavy atom. The summed E-state index contributed by atoms with van der Waals surface area (Å²) >= 11 is 13.5. The Morgan fingerprint density at radius 3 is 2.64 bits per heavy atom. The van der Waals surface area contributed by atoms with Crippen molar-refractivity contribution in [2.24, 2.45) is 0 Å². The molecule has 0 saturated carbocycles. The second kappa shape index (κ2) is 9.35. The molecule has 0 unspecified atom stereocenters. The maximum absolute atomic E-state index is 12.7. The van der Waals surface area contributed by atoms with Gasteiger partial charge in [0.2, 0.25) is 0 Å². The second-order valence-electron chi connectivity index (χ2n) is 8.80. The fourth-order valence-corrected chi connectivity index (χ4v) is 5.28. The molecule has 0 spiro atoms. The minimum Gasteiger partial charge on any atom is -0.506 e. The molecule has 4 aromatic rings. The Balaban J connectivity index is 1.57. The third kappa shape index (κ3) is 5.33. The van der Waals surface area contributed by atoms with Crippen LogP contribution in [0.4, 0.5) is 5.13 Å². The quantitative estimate of drug-likeness (QED) is 0.242. The molecule has 4 rings (SSSR count). The monoisotopic (exact) mass is 502 g/mol. The summed E-state index contributed by atoms with van der Waals surface area (Å²) in [5, 5.41) is 12.4. The number of hydrogen-bond donors (Lipinski definition) is 4. The number of hydrazine groups is 1. The lowest BCUT2D eigenvalue weighted by Crippen LogP contribution is -2.21. The third-order valence-electron chi connectivity index (χ3n) is 5.17. The molecule has 6 nitrogen and oxygen atoms in total. The van der Waals surface area contributed by atoms with E-state index < -0.39 is 0 Å². The molecular formula is C24H24Cl2N4O2S. The number of rotatable bonds is 6. The van der Waals surface area contributed by atoms with E-state index in [1.54, 1.807) is 6.07 Å². The van der Waals surface area contributed by atoms with Gasteiger partial charge in [-0.05, 0) is 29.7 Å². The minimum atomic E-state index is -0.200. The highest BCUT2D eigenvalue weighted by molar-refractivity contribution is 7.15. The van der Waals surface area contributed by atoms with Crippen LogP contribution in [0.3, 0.4) is 0 Å². The Labute approximate surface area is 205 Å². The molecule has 9 heteroatoms. The second-order valence-corrected chi connectivity index (χ2v) is 10.7. The zero-order valence-corrected chi connectivity index (χ0v) is 20.8. The molecule has 0 aliphatic heterocycles. The predicted molar refractivity (Wildman–Crippen MR) is 137 cm³/mol. The van der Waals surface area contributed by atoms with E-state index >= 15 is 0 Å². The summed E-state index contributed by atoms with van der Waals surface area (Å²) < 4.78 is 0. The Bertz CT molecular complexity index is 1380. The minimum absolute atomic E-state index is 0.0129. The van der Waals surface area contributed by atoms with Crippen LogP contribution in [0.2, 0.25) is 10.0 Å².